The minimum atomic E-state index is -3.87. The Bertz CT molecular complexity index is 1250. The smallest absolute Gasteiger partial charge is 0.244 e. The number of benzene rings is 2. The van der Waals surface area contributed by atoms with Crippen LogP contribution in [0.2, 0.25) is 0 Å². The molecule has 0 spiro atoms. The molecule has 1 aliphatic carbocycles. The molecule has 1 N–H and O–H groups in total. The van der Waals surface area contributed by atoms with E-state index in [-0.39, 0.29) is 36.7 Å². The lowest BCUT2D eigenvalue weighted by Gasteiger charge is -2.33. The largest absolute Gasteiger partial charge is 0.454 e. The first-order valence-electron chi connectivity index (χ1n) is 12.9. The summed E-state index contributed by atoms with van der Waals surface area (Å²) in [5.41, 5.74) is 0.871. The van der Waals surface area contributed by atoms with Crippen molar-refractivity contribution in [2.45, 2.75) is 64.6 Å². The summed E-state index contributed by atoms with van der Waals surface area (Å²) in [6, 6.07) is 9.49. The molecule has 1 aliphatic heterocycles. The van der Waals surface area contributed by atoms with Crippen LogP contribution in [0.1, 0.15) is 51.5 Å². The lowest BCUT2D eigenvalue weighted by atomic mass is 9.95. The second-order valence-electron chi connectivity index (χ2n) is 9.61. The molecule has 9 nitrogen and oxygen atoms in total. The van der Waals surface area contributed by atoms with Gasteiger partial charge in [-0.3, -0.25) is 13.9 Å². The molecular weight excluding hydrogens is 513 g/mol. The lowest BCUT2D eigenvalue weighted by molar-refractivity contribution is -0.139. The molecule has 0 radical (unpaired) electrons. The van der Waals surface area contributed by atoms with Crippen LogP contribution < -0.4 is 19.1 Å². The number of hydrogen-bond donors (Lipinski definition) is 1. The molecule has 11 heteroatoms. The van der Waals surface area contributed by atoms with Crippen molar-refractivity contribution in [1.29, 1.82) is 0 Å². The van der Waals surface area contributed by atoms with Crippen LogP contribution >= 0.6 is 0 Å². The SMILES string of the molecule is CCS(=O)(=O)N(CC(=O)N(Cc1ccc(F)cc1)[C@H](C)C(=O)NC1CCCCC1)c1ccc2c(c1)OCO2. The highest BCUT2D eigenvalue weighted by atomic mass is 32.2. The number of amides is 2. The van der Waals surface area contributed by atoms with Gasteiger partial charge in [-0.25, -0.2) is 12.8 Å². The maximum Gasteiger partial charge on any atom is 0.244 e. The molecule has 2 aromatic carbocycles. The average Bonchev–Trinajstić information content (AvgIpc) is 3.39. The van der Waals surface area contributed by atoms with Crippen LogP contribution in [0, 0.1) is 5.82 Å². The van der Waals surface area contributed by atoms with Gasteiger partial charge < -0.3 is 19.7 Å². The number of nitrogens with zero attached hydrogens (tertiary/aromatic N) is 2. The maximum atomic E-state index is 13.7. The summed E-state index contributed by atoms with van der Waals surface area (Å²) in [4.78, 5) is 28.3. The molecule has 4 rings (SSSR count). The van der Waals surface area contributed by atoms with Crippen molar-refractivity contribution in [3.63, 3.8) is 0 Å². The van der Waals surface area contributed by atoms with Crippen LogP contribution in [-0.2, 0) is 26.2 Å². The van der Waals surface area contributed by atoms with Crippen LogP contribution in [0.25, 0.3) is 0 Å². The fourth-order valence-corrected chi connectivity index (χ4v) is 5.75. The van der Waals surface area contributed by atoms with Crippen molar-refractivity contribution in [2.24, 2.45) is 0 Å². The van der Waals surface area contributed by atoms with Crippen molar-refractivity contribution in [3.05, 3.63) is 53.8 Å². The third kappa shape index (κ3) is 6.56. The van der Waals surface area contributed by atoms with Crippen LogP contribution in [0.5, 0.6) is 11.5 Å². The Kier molecular flexibility index (Phi) is 8.76. The first kappa shape index (κ1) is 27.7. The molecule has 1 heterocycles. The van der Waals surface area contributed by atoms with Gasteiger partial charge in [0, 0.05) is 18.7 Å². The Hall–Kier alpha value is -3.34. The highest BCUT2D eigenvalue weighted by molar-refractivity contribution is 7.92. The Morgan fingerprint density at radius 1 is 1.05 bits per heavy atom. The van der Waals surface area contributed by atoms with Crippen LogP contribution in [-0.4, -0.2) is 56.3 Å². The second-order valence-corrected chi connectivity index (χ2v) is 11.8. The number of rotatable bonds is 10. The summed E-state index contributed by atoms with van der Waals surface area (Å²) in [6.07, 6.45) is 4.99. The summed E-state index contributed by atoms with van der Waals surface area (Å²) in [6.45, 7) is 2.64. The second kappa shape index (κ2) is 12.0. The van der Waals surface area contributed by atoms with Gasteiger partial charge in [0.25, 0.3) is 0 Å². The summed E-state index contributed by atoms with van der Waals surface area (Å²) in [5, 5.41) is 3.05. The van der Waals surface area contributed by atoms with Crippen LogP contribution in [0.3, 0.4) is 0 Å². The summed E-state index contributed by atoms with van der Waals surface area (Å²) >= 11 is 0. The first-order chi connectivity index (χ1) is 18.2. The van der Waals surface area contributed by atoms with E-state index in [0.717, 1.165) is 36.4 Å². The van der Waals surface area contributed by atoms with Gasteiger partial charge in [-0.05, 0) is 56.5 Å². The fraction of sp³-hybridized carbons (Fsp3) is 0.481. The maximum absolute atomic E-state index is 13.7. The predicted octanol–water partition coefficient (Wildman–Crippen LogP) is 3.58. The number of sulfonamides is 1. The number of ether oxygens (including phenoxy) is 2. The molecular formula is C27H34FN3O6S. The van der Waals surface area contributed by atoms with E-state index in [4.69, 9.17) is 9.47 Å². The third-order valence-corrected chi connectivity index (χ3v) is 8.75. The number of nitrogens with one attached hydrogen (secondary N) is 1. The zero-order valence-corrected chi connectivity index (χ0v) is 22.5. The van der Waals surface area contributed by atoms with E-state index in [1.165, 1.54) is 30.0 Å². The molecule has 0 saturated heterocycles. The number of carbonyl (C=O) groups is 2. The van der Waals surface area contributed by atoms with Crippen molar-refractivity contribution >= 4 is 27.5 Å². The van der Waals surface area contributed by atoms with Crippen molar-refractivity contribution < 1.29 is 31.9 Å². The van der Waals surface area contributed by atoms with Crippen LogP contribution in [0.15, 0.2) is 42.5 Å². The Labute approximate surface area is 222 Å². The van der Waals surface area contributed by atoms with Gasteiger partial charge in [0.05, 0.1) is 11.4 Å². The molecule has 2 aliphatic rings. The summed E-state index contributed by atoms with van der Waals surface area (Å²) in [5.74, 6) is -0.646. The van der Waals surface area contributed by atoms with E-state index in [1.807, 2.05) is 0 Å². The average molecular weight is 548 g/mol. The Morgan fingerprint density at radius 3 is 2.42 bits per heavy atom. The minimum absolute atomic E-state index is 0.0134. The highest BCUT2D eigenvalue weighted by Crippen LogP contribution is 2.36. The standard InChI is InChI=1S/C27H34FN3O6S/c1-3-38(34,35)31(23-13-14-24-25(15-23)37-18-36-24)17-26(32)30(16-20-9-11-21(28)12-10-20)19(2)27(33)29-22-7-5-4-6-8-22/h9-15,19,22H,3-8,16-18H2,1-2H3,(H,29,33)/t19-/m1/s1. The van der Waals surface area contributed by atoms with E-state index in [2.05, 4.69) is 5.32 Å². The van der Waals surface area contributed by atoms with E-state index in [0.29, 0.717) is 17.1 Å². The van der Waals surface area contributed by atoms with Gasteiger partial charge in [-0.1, -0.05) is 31.4 Å². The van der Waals surface area contributed by atoms with Gasteiger partial charge in [0.15, 0.2) is 11.5 Å². The molecule has 38 heavy (non-hydrogen) atoms. The molecule has 1 saturated carbocycles. The molecule has 0 aromatic heterocycles. The number of carbonyl (C=O) groups excluding carboxylic acids is 2. The number of fused-ring (bicyclic) bond motifs is 1. The molecule has 0 bridgehead atoms. The lowest BCUT2D eigenvalue weighted by Crippen LogP contribution is -2.53. The first-order valence-corrected chi connectivity index (χ1v) is 14.5. The van der Waals surface area contributed by atoms with Crippen molar-refractivity contribution in [2.75, 3.05) is 23.4 Å². The Balaban J connectivity index is 1.60. The van der Waals surface area contributed by atoms with E-state index in [9.17, 15) is 22.4 Å². The zero-order valence-electron chi connectivity index (χ0n) is 21.7. The fourth-order valence-electron chi connectivity index (χ4n) is 4.70. The highest BCUT2D eigenvalue weighted by Gasteiger charge is 2.32. The topological polar surface area (TPSA) is 105 Å². The number of anilines is 1. The quantitative estimate of drug-likeness (QED) is 0.488. The van der Waals surface area contributed by atoms with E-state index >= 15 is 0 Å². The monoisotopic (exact) mass is 547 g/mol. The summed E-state index contributed by atoms with van der Waals surface area (Å²) < 4.78 is 51.4. The van der Waals surface area contributed by atoms with Crippen molar-refractivity contribution in [3.8, 4) is 11.5 Å². The van der Waals surface area contributed by atoms with Crippen molar-refractivity contribution in [1.82, 2.24) is 10.2 Å². The normalized spacial score (nSPS) is 16.1. The molecule has 1 fully saturated rings. The van der Waals surface area contributed by atoms with Gasteiger partial charge in [0.2, 0.25) is 28.6 Å². The molecule has 2 aromatic rings. The van der Waals surface area contributed by atoms with Gasteiger partial charge >= 0.3 is 0 Å². The summed E-state index contributed by atoms with van der Waals surface area (Å²) in [7, 11) is -3.87. The minimum Gasteiger partial charge on any atom is -0.454 e. The molecule has 1 atom stereocenters. The zero-order chi connectivity index (χ0) is 27.3. The van der Waals surface area contributed by atoms with E-state index < -0.39 is 34.3 Å². The molecule has 0 unspecified atom stereocenters. The number of halogens is 1. The van der Waals surface area contributed by atoms with E-state index in [1.54, 1.807) is 31.2 Å². The predicted molar refractivity (Wildman–Crippen MR) is 141 cm³/mol. The van der Waals surface area contributed by atoms with Gasteiger partial charge in [-0.15, -0.1) is 0 Å². The number of hydrogen-bond acceptors (Lipinski definition) is 6. The van der Waals surface area contributed by atoms with Crippen LogP contribution in [0.4, 0.5) is 10.1 Å². The van der Waals surface area contributed by atoms with Gasteiger partial charge in [-0.2, -0.15) is 0 Å². The third-order valence-electron chi connectivity index (χ3n) is 7.01. The molecule has 206 valence electrons. The Morgan fingerprint density at radius 2 is 1.74 bits per heavy atom. The molecule has 2 amide bonds. The van der Waals surface area contributed by atoms with Gasteiger partial charge in [0.1, 0.15) is 18.4 Å².